The average molecular weight is 297 g/mol. The summed E-state index contributed by atoms with van der Waals surface area (Å²) in [6, 6.07) is 7.66. The van der Waals surface area contributed by atoms with E-state index in [1.54, 1.807) is 0 Å². The molecule has 1 aromatic rings. The van der Waals surface area contributed by atoms with Crippen molar-refractivity contribution in [3.63, 3.8) is 0 Å². The Hall–Kier alpha value is -0.830. The van der Waals surface area contributed by atoms with Gasteiger partial charge in [0.25, 0.3) is 0 Å². The Morgan fingerprint density at radius 1 is 1.35 bits per heavy atom. The van der Waals surface area contributed by atoms with Crippen molar-refractivity contribution in [1.82, 2.24) is 0 Å². The molecule has 0 aliphatic heterocycles. The monoisotopic (exact) mass is 296 g/mol. The first kappa shape index (κ1) is 12.6. The van der Waals surface area contributed by atoms with E-state index in [0.717, 1.165) is 16.5 Å². The van der Waals surface area contributed by atoms with Crippen LogP contribution in [-0.4, -0.2) is 11.1 Å². The molecule has 2 nitrogen and oxygen atoms in total. The van der Waals surface area contributed by atoms with Crippen LogP contribution in [0.4, 0.5) is 0 Å². The Labute approximate surface area is 110 Å². The predicted molar refractivity (Wildman–Crippen MR) is 71.1 cm³/mol. The fraction of sp³-hybridized carbons (Fsp3) is 0.500. The zero-order chi connectivity index (χ0) is 12.3. The van der Waals surface area contributed by atoms with E-state index in [-0.39, 0.29) is 5.92 Å². The van der Waals surface area contributed by atoms with Gasteiger partial charge in [0.1, 0.15) is 0 Å². The molecule has 92 valence electrons. The van der Waals surface area contributed by atoms with Crippen molar-refractivity contribution in [3.05, 3.63) is 34.3 Å². The molecule has 3 heteroatoms. The summed E-state index contributed by atoms with van der Waals surface area (Å²) < 4.78 is 0.908. The van der Waals surface area contributed by atoms with Crippen molar-refractivity contribution in [1.29, 1.82) is 0 Å². The molecule has 0 radical (unpaired) electrons. The standard InChI is InChI=1S/C14H17BrO2/c15-13-8-4-3-7-11(13)12(14(16)17)9-10-5-1-2-6-10/h3-4,7-8,10,12H,1-2,5-6,9H2,(H,16,17). The van der Waals surface area contributed by atoms with E-state index in [9.17, 15) is 9.90 Å². The number of halogens is 1. The van der Waals surface area contributed by atoms with Crippen molar-refractivity contribution in [3.8, 4) is 0 Å². The number of carboxylic acids is 1. The Balaban J connectivity index is 2.17. The van der Waals surface area contributed by atoms with Crippen LogP contribution in [0.3, 0.4) is 0 Å². The first-order valence-corrected chi connectivity index (χ1v) is 6.95. The van der Waals surface area contributed by atoms with Gasteiger partial charge in [-0.3, -0.25) is 4.79 Å². The highest BCUT2D eigenvalue weighted by Crippen LogP contribution is 2.36. The number of hydrogen-bond acceptors (Lipinski definition) is 1. The molecule has 2 rings (SSSR count). The second kappa shape index (κ2) is 5.67. The molecule has 1 saturated carbocycles. The fourth-order valence-electron chi connectivity index (χ4n) is 2.70. The lowest BCUT2D eigenvalue weighted by Crippen LogP contribution is -2.15. The average Bonchev–Trinajstić information content (AvgIpc) is 2.79. The van der Waals surface area contributed by atoms with Gasteiger partial charge in [-0.2, -0.15) is 0 Å². The molecule has 0 saturated heterocycles. The van der Waals surface area contributed by atoms with E-state index in [4.69, 9.17) is 0 Å². The molecular formula is C14H17BrO2. The normalized spacial score (nSPS) is 18.2. The second-order valence-corrected chi connectivity index (χ2v) is 5.65. The first-order valence-electron chi connectivity index (χ1n) is 6.15. The molecule has 1 aliphatic carbocycles. The third-order valence-corrected chi connectivity index (χ3v) is 4.34. The van der Waals surface area contributed by atoms with E-state index in [0.29, 0.717) is 5.92 Å². The summed E-state index contributed by atoms with van der Waals surface area (Å²) in [6.45, 7) is 0. The van der Waals surface area contributed by atoms with Crippen molar-refractivity contribution >= 4 is 21.9 Å². The second-order valence-electron chi connectivity index (χ2n) is 4.80. The molecule has 1 unspecified atom stereocenters. The van der Waals surface area contributed by atoms with Crippen LogP contribution in [0.25, 0.3) is 0 Å². The van der Waals surface area contributed by atoms with Crippen LogP contribution in [-0.2, 0) is 4.79 Å². The van der Waals surface area contributed by atoms with Crippen LogP contribution in [0.1, 0.15) is 43.6 Å². The molecule has 1 atom stereocenters. The molecule has 0 bridgehead atoms. The van der Waals surface area contributed by atoms with E-state index >= 15 is 0 Å². The van der Waals surface area contributed by atoms with Gasteiger partial charge in [-0.25, -0.2) is 0 Å². The molecular weight excluding hydrogens is 280 g/mol. The topological polar surface area (TPSA) is 37.3 Å². The van der Waals surface area contributed by atoms with Crippen molar-refractivity contribution < 1.29 is 9.90 Å². The van der Waals surface area contributed by atoms with Gasteiger partial charge in [0.15, 0.2) is 0 Å². The summed E-state index contributed by atoms with van der Waals surface area (Å²) >= 11 is 3.45. The summed E-state index contributed by atoms with van der Waals surface area (Å²) in [5, 5.41) is 9.39. The van der Waals surface area contributed by atoms with Crippen LogP contribution in [0.15, 0.2) is 28.7 Å². The number of carboxylic acid groups (broad SMARTS) is 1. The van der Waals surface area contributed by atoms with Gasteiger partial charge in [-0.1, -0.05) is 59.8 Å². The predicted octanol–water partition coefficient (Wildman–Crippen LogP) is 4.20. The van der Waals surface area contributed by atoms with Crippen LogP contribution in [0, 0.1) is 5.92 Å². The summed E-state index contributed by atoms with van der Waals surface area (Å²) in [7, 11) is 0. The van der Waals surface area contributed by atoms with Gasteiger partial charge < -0.3 is 5.11 Å². The van der Waals surface area contributed by atoms with E-state index in [1.807, 2.05) is 24.3 Å². The first-order chi connectivity index (χ1) is 8.18. The third kappa shape index (κ3) is 3.09. The lowest BCUT2D eigenvalue weighted by atomic mass is 9.88. The van der Waals surface area contributed by atoms with Gasteiger partial charge in [0, 0.05) is 4.47 Å². The minimum absolute atomic E-state index is 0.367. The molecule has 0 aromatic heterocycles. The Bertz CT molecular complexity index is 397. The van der Waals surface area contributed by atoms with Crippen molar-refractivity contribution in [2.24, 2.45) is 5.92 Å². The number of benzene rings is 1. The van der Waals surface area contributed by atoms with Crippen LogP contribution in [0.5, 0.6) is 0 Å². The van der Waals surface area contributed by atoms with E-state index < -0.39 is 5.97 Å². The number of carbonyl (C=O) groups is 1. The minimum Gasteiger partial charge on any atom is -0.481 e. The van der Waals surface area contributed by atoms with Crippen LogP contribution in [0.2, 0.25) is 0 Å². The Kier molecular flexibility index (Phi) is 4.21. The maximum atomic E-state index is 11.4. The molecule has 1 aliphatic rings. The number of hydrogen-bond donors (Lipinski definition) is 1. The maximum absolute atomic E-state index is 11.4. The molecule has 0 amide bonds. The summed E-state index contributed by atoms with van der Waals surface area (Å²) in [5.74, 6) is -0.485. The molecule has 0 spiro atoms. The number of rotatable bonds is 4. The molecule has 1 N–H and O–H groups in total. The zero-order valence-electron chi connectivity index (χ0n) is 9.73. The van der Waals surface area contributed by atoms with Gasteiger partial charge in [0.2, 0.25) is 0 Å². The largest absolute Gasteiger partial charge is 0.481 e. The van der Waals surface area contributed by atoms with E-state index in [2.05, 4.69) is 15.9 Å². The van der Waals surface area contributed by atoms with Gasteiger partial charge in [0.05, 0.1) is 5.92 Å². The van der Waals surface area contributed by atoms with Crippen molar-refractivity contribution in [2.45, 2.75) is 38.0 Å². The van der Waals surface area contributed by atoms with Gasteiger partial charge in [-0.05, 0) is 24.0 Å². The lowest BCUT2D eigenvalue weighted by Gasteiger charge is -2.18. The minimum atomic E-state index is -0.705. The molecule has 1 fully saturated rings. The Morgan fingerprint density at radius 2 is 2.00 bits per heavy atom. The highest BCUT2D eigenvalue weighted by atomic mass is 79.9. The third-order valence-electron chi connectivity index (χ3n) is 3.62. The Morgan fingerprint density at radius 3 is 2.59 bits per heavy atom. The van der Waals surface area contributed by atoms with Crippen LogP contribution >= 0.6 is 15.9 Å². The van der Waals surface area contributed by atoms with Gasteiger partial charge in [-0.15, -0.1) is 0 Å². The highest BCUT2D eigenvalue weighted by Gasteiger charge is 2.27. The van der Waals surface area contributed by atoms with Crippen LogP contribution < -0.4 is 0 Å². The quantitative estimate of drug-likeness (QED) is 0.904. The van der Waals surface area contributed by atoms with Gasteiger partial charge >= 0.3 is 5.97 Å². The SMILES string of the molecule is O=C(O)C(CC1CCCC1)c1ccccc1Br. The smallest absolute Gasteiger partial charge is 0.311 e. The van der Waals surface area contributed by atoms with Crippen molar-refractivity contribution in [2.75, 3.05) is 0 Å². The summed E-state index contributed by atoms with van der Waals surface area (Å²) in [6.07, 6.45) is 5.67. The summed E-state index contributed by atoms with van der Waals surface area (Å²) in [4.78, 5) is 11.4. The molecule has 0 heterocycles. The maximum Gasteiger partial charge on any atom is 0.311 e. The summed E-state index contributed by atoms with van der Waals surface area (Å²) in [5.41, 5.74) is 0.909. The fourth-order valence-corrected chi connectivity index (χ4v) is 3.26. The molecule has 17 heavy (non-hydrogen) atoms. The lowest BCUT2D eigenvalue weighted by molar-refractivity contribution is -0.139. The number of aliphatic carboxylic acids is 1. The zero-order valence-corrected chi connectivity index (χ0v) is 11.3. The molecule has 1 aromatic carbocycles. The van der Waals surface area contributed by atoms with E-state index in [1.165, 1.54) is 25.7 Å². The highest BCUT2D eigenvalue weighted by molar-refractivity contribution is 9.10.